The Bertz CT molecular complexity index is 818. The molecule has 2 aromatic rings. The number of hydrogen-bond donors (Lipinski definition) is 1. The van der Waals surface area contributed by atoms with Crippen LogP contribution >= 0.6 is 11.3 Å². The predicted octanol–water partition coefficient (Wildman–Crippen LogP) is 3.15. The first-order valence-electron chi connectivity index (χ1n) is 8.68. The molecule has 1 atom stereocenters. The Morgan fingerprint density at radius 2 is 1.89 bits per heavy atom. The van der Waals surface area contributed by atoms with Gasteiger partial charge in [-0.1, -0.05) is 6.07 Å². The van der Waals surface area contributed by atoms with Crippen LogP contribution in [0.4, 0.5) is 0 Å². The Balaban J connectivity index is 1.80. The van der Waals surface area contributed by atoms with Gasteiger partial charge >= 0.3 is 5.97 Å². The molecule has 1 N–H and O–H groups in total. The fourth-order valence-corrected chi connectivity index (χ4v) is 3.23. The number of methoxy groups -OCH3 is 2. The number of carbonyl (C=O) groups excluding carboxylic acids is 3. The molecule has 1 aromatic carbocycles. The van der Waals surface area contributed by atoms with Crippen LogP contribution in [-0.4, -0.2) is 38.5 Å². The fourth-order valence-electron chi connectivity index (χ4n) is 2.53. The standard InChI is InChI=1S/C20H23NO6S/c1-13(15-11-14(25-2)6-8-17(15)26-3)21-19(23)12-27-20(24)9-7-16(22)18-5-4-10-28-18/h4-6,8,10-11,13H,7,9,12H2,1-3H3,(H,21,23)/t13-/m0/s1. The summed E-state index contributed by atoms with van der Waals surface area (Å²) in [6, 6.07) is 8.39. The Morgan fingerprint density at radius 3 is 2.54 bits per heavy atom. The van der Waals surface area contributed by atoms with E-state index < -0.39 is 18.5 Å². The van der Waals surface area contributed by atoms with Gasteiger partial charge in [-0.25, -0.2) is 0 Å². The number of rotatable bonds is 10. The van der Waals surface area contributed by atoms with Crippen molar-refractivity contribution in [3.63, 3.8) is 0 Å². The Kier molecular flexibility index (Phi) is 8.01. The second-order valence-corrected chi connectivity index (χ2v) is 6.91. The number of carbonyl (C=O) groups is 3. The average molecular weight is 405 g/mol. The van der Waals surface area contributed by atoms with Crippen LogP contribution in [0.3, 0.4) is 0 Å². The highest BCUT2D eigenvalue weighted by molar-refractivity contribution is 7.12. The zero-order valence-corrected chi connectivity index (χ0v) is 16.8. The maximum atomic E-state index is 12.1. The molecule has 0 saturated carbocycles. The molecule has 150 valence electrons. The molecular formula is C20H23NO6S. The summed E-state index contributed by atoms with van der Waals surface area (Å²) >= 11 is 1.33. The van der Waals surface area contributed by atoms with Gasteiger partial charge in [-0.3, -0.25) is 14.4 Å². The molecule has 0 aliphatic heterocycles. The van der Waals surface area contributed by atoms with Gasteiger partial charge in [0.05, 0.1) is 31.6 Å². The van der Waals surface area contributed by atoms with E-state index in [1.165, 1.54) is 11.3 Å². The maximum absolute atomic E-state index is 12.1. The van der Waals surface area contributed by atoms with Crippen molar-refractivity contribution in [2.45, 2.75) is 25.8 Å². The highest BCUT2D eigenvalue weighted by Gasteiger charge is 2.17. The number of Topliss-reactive ketones (excluding diaryl/α,β-unsaturated/α-hetero) is 1. The minimum atomic E-state index is -0.591. The number of nitrogens with one attached hydrogen (secondary N) is 1. The molecule has 0 unspecified atom stereocenters. The van der Waals surface area contributed by atoms with Gasteiger partial charge in [-0.15, -0.1) is 11.3 Å². The van der Waals surface area contributed by atoms with Crippen LogP contribution in [0.5, 0.6) is 11.5 Å². The van der Waals surface area contributed by atoms with E-state index in [4.69, 9.17) is 14.2 Å². The summed E-state index contributed by atoms with van der Waals surface area (Å²) < 4.78 is 15.5. The Labute approximate surface area is 167 Å². The number of amides is 1. The predicted molar refractivity (Wildman–Crippen MR) is 105 cm³/mol. The number of ketones is 1. The van der Waals surface area contributed by atoms with Crippen LogP contribution in [0.2, 0.25) is 0 Å². The van der Waals surface area contributed by atoms with Crippen LogP contribution in [0, 0.1) is 0 Å². The summed E-state index contributed by atoms with van der Waals surface area (Å²) in [5.41, 5.74) is 0.739. The lowest BCUT2D eigenvalue weighted by atomic mass is 10.1. The molecule has 0 aliphatic rings. The first kappa shape index (κ1) is 21.4. The first-order chi connectivity index (χ1) is 13.4. The molecule has 1 aromatic heterocycles. The molecule has 8 heteroatoms. The normalized spacial score (nSPS) is 11.4. The van der Waals surface area contributed by atoms with Gasteiger partial charge in [-0.2, -0.15) is 0 Å². The van der Waals surface area contributed by atoms with Crippen molar-refractivity contribution in [1.29, 1.82) is 0 Å². The molecule has 1 heterocycles. The zero-order valence-electron chi connectivity index (χ0n) is 16.0. The van der Waals surface area contributed by atoms with E-state index in [1.807, 2.05) is 0 Å². The largest absolute Gasteiger partial charge is 0.497 e. The topological polar surface area (TPSA) is 90.9 Å². The number of hydrogen-bond acceptors (Lipinski definition) is 7. The van der Waals surface area contributed by atoms with Crippen molar-refractivity contribution in [3.05, 3.63) is 46.2 Å². The second kappa shape index (κ2) is 10.5. The third-order valence-electron chi connectivity index (χ3n) is 4.00. The summed E-state index contributed by atoms with van der Waals surface area (Å²) in [6.07, 6.45) is -0.0123. The zero-order chi connectivity index (χ0) is 20.5. The van der Waals surface area contributed by atoms with E-state index >= 15 is 0 Å². The monoisotopic (exact) mass is 405 g/mol. The molecule has 0 radical (unpaired) electrons. The molecule has 28 heavy (non-hydrogen) atoms. The van der Waals surface area contributed by atoms with Crippen LogP contribution in [0.25, 0.3) is 0 Å². The van der Waals surface area contributed by atoms with E-state index in [-0.39, 0.29) is 24.7 Å². The van der Waals surface area contributed by atoms with Gasteiger partial charge in [0, 0.05) is 12.0 Å². The summed E-state index contributed by atoms with van der Waals surface area (Å²) in [6.45, 7) is 1.37. The quantitative estimate of drug-likeness (QED) is 0.482. The first-order valence-corrected chi connectivity index (χ1v) is 9.56. The minimum Gasteiger partial charge on any atom is -0.497 e. The minimum absolute atomic E-state index is 0.0539. The molecule has 0 bridgehead atoms. The molecule has 0 aliphatic carbocycles. The third-order valence-corrected chi connectivity index (χ3v) is 4.91. The van der Waals surface area contributed by atoms with E-state index in [0.717, 1.165) is 5.56 Å². The molecule has 1 amide bonds. The van der Waals surface area contributed by atoms with Gasteiger partial charge in [0.1, 0.15) is 11.5 Å². The van der Waals surface area contributed by atoms with Gasteiger partial charge in [0.2, 0.25) is 0 Å². The molecule has 0 fully saturated rings. The lowest BCUT2D eigenvalue weighted by Crippen LogP contribution is -2.31. The van der Waals surface area contributed by atoms with Gasteiger partial charge in [0.25, 0.3) is 5.91 Å². The summed E-state index contributed by atoms with van der Waals surface area (Å²) in [5, 5.41) is 4.55. The maximum Gasteiger partial charge on any atom is 0.306 e. The van der Waals surface area contributed by atoms with E-state index in [1.54, 1.807) is 56.9 Å². The van der Waals surface area contributed by atoms with Crippen molar-refractivity contribution in [3.8, 4) is 11.5 Å². The number of esters is 1. The highest BCUT2D eigenvalue weighted by atomic mass is 32.1. The summed E-state index contributed by atoms with van der Waals surface area (Å²) in [4.78, 5) is 36.3. The lowest BCUT2D eigenvalue weighted by Gasteiger charge is -2.18. The van der Waals surface area contributed by atoms with E-state index in [2.05, 4.69) is 5.32 Å². The Hall–Kier alpha value is -2.87. The lowest BCUT2D eigenvalue weighted by molar-refractivity contribution is -0.148. The van der Waals surface area contributed by atoms with E-state index in [0.29, 0.717) is 16.4 Å². The van der Waals surface area contributed by atoms with E-state index in [9.17, 15) is 14.4 Å². The van der Waals surface area contributed by atoms with Gasteiger partial charge < -0.3 is 19.5 Å². The van der Waals surface area contributed by atoms with Crippen molar-refractivity contribution < 1.29 is 28.6 Å². The fraction of sp³-hybridized carbons (Fsp3) is 0.350. The van der Waals surface area contributed by atoms with Crippen molar-refractivity contribution >= 4 is 29.0 Å². The average Bonchev–Trinajstić information content (AvgIpc) is 3.24. The highest BCUT2D eigenvalue weighted by Crippen LogP contribution is 2.29. The molecule has 7 nitrogen and oxygen atoms in total. The Morgan fingerprint density at radius 1 is 1.11 bits per heavy atom. The van der Waals surface area contributed by atoms with Crippen LogP contribution in [0.15, 0.2) is 35.7 Å². The number of ether oxygens (including phenoxy) is 3. The van der Waals surface area contributed by atoms with Crippen molar-refractivity contribution in [2.24, 2.45) is 0 Å². The number of thiophene rings is 1. The molecule has 0 spiro atoms. The smallest absolute Gasteiger partial charge is 0.306 e. The third kappa shape index (κ3) is 6.09. The summed E-state index contributed by atoms with van der Waals surface area (Å²) in [5.74, 6) is 0.0912. The van der Waals surface area contributed by atoms with Crippen molar-refractivity contribution in [1.82, 2.24) is 5.32 Å². The SMILES string of the molecule is COc1ccc(OC)c([C@H](C)NC(=O)COC(=O)CCC(=O)c2cccs2)c1. The second-order valence-electron chi connectivity index (χ2n) is 5.96. The van der Waals surface area contributed by atoms with Gasteiger partial charge in [0.15, 0.2) is 12.4 Å². The summed E-state index contributed by atoms with van der Waals surface area (Å²) in [7, 11) is 3.09. The van der Waals surface area contributed by atoms with Gasteiger partial charge in [-0.05, 0) is 36.6 Å². The van der Waals surface area contributed by atoms with Crippen LogP contribution in [-0.2, 0) is 14.3 Å². The number of benzene rings is 1. The van der Waals surface area contributed by atoms with Crippen LogP contribution < -0.4 is 14.8 Å². The molecular weight excluding hydrogens is 382 g/mol. The molecule has 0 saturated heterocycles. The molecule has 2 rings (SSSR count). The van der Waals surface area contributed by atoms with Crippen molar-refractivity contribution in [2.75, 3.05) is 20.8 Å². The van der Waals surface area contributed by atoms with Crippen LogP contribution in [0.1, 0.15) is 41.0 Å².